The maximum absolute atomic E-state index is 10.8. The van der Waals surface area contributed by atoms with E-state index in [4.69, 9.17) is 5.11 Å². The van der Waals surface area contributed by atoms with Gasteiger partial charge >= 0.3 is 5.97 Å². The molecule has 1 N–H and O–H groups in total. The molecule has 1 aromatic rings. The number of benzene rings is 1. The lowest BCUT2D eigenvalue weighted by molar-refractivity contribution is -0.138. The standard InChI is InChI=1S/C17H26N2O2/c1-3-14-5-4-6-15(11-14)12-19-9-7-16(8-10-19)18(2)13-17(20)21/h4-6,11,16H,3,7-10,12-13H2,1-2H3,(H,20,21). The van der Waals surface area contributed by atoms with Gasteiger partial charge in [-0.05, 0) is 50.5 Å². The van der Waals surface area contributed by atoms with Gasteiger partial charge in [-0.25, -0.2) is 0 Å². The van der Waals surface area contributed by atoms with Crippen LogP contribution in [0, 0.1) is 0 Å². The monoisotopic (exact) mass is 290 g/mol. The number of carboxylic acids is 1. The third kappa shape index (κ3) is 4.83. The molecule has 0 unspecified atom stereocenters. The smallest absolute Gasteiger partial charge is 0.317 e. The van der Waals surface area contributed by atoms with Crippen molar-refractivity contribution in [3.05, 3.63) is 35.4 Å². The Morgan fingerprint density at radius 2 is 2.00 bits per heavy atom. The molecule has 1 saturated heterocycles. The zero-order chi connectivity index (χ0) is 15.2. The van der Waals surface area contributed by atoms with Crippen molar-refractivity contribution in [1.29, 1.82) is 0 Å². The van der Waals surface area contributed by atoms with Gasteiger partial charge in [0.1, 0.15) is 0 Å². The van der Waals surface area contributed by atoms with Gasteiger partial charge in [0.15, 0.2) is 0 Å². The van der Waals surface area contributed by atoms with E-state index in [1.807, 2.05) is 11.9 Å². The van der Waals surface area contributed by atoms with Gasteiger partial charge in [-0.1, -0.05) is 31.2 Å². The first-order chi connectivity index (χ1) is 10.1. The van der Waals surface area contributed by atoms with Crippen LogP contribution in [-0.4, -0.2) is 53.6 Å². The van der Waals surface area contributed by atoms with Crippen molar-refractivity contribution < 1.29 is 9.90 Å². The highest BCUT2D eigenvalue weighted by atomic mass is 16.4. The molecule has 1 aliphatic rings. The lowest BCUT2D eigenvalue weighted by Crippen LogP contribution is -2.44. The second-order valence-electron chi connectivity index (χ2n) is 5.99. The summed E-state index contributed by atoms with van der Waals surface area (Å²) in [7, 11) is 1.92. The van der Waals surface area contributed by atoms with Gasteiger partial charge in [-0.15, -0.1) is 0 Å². The van der Waals surface area contributed by atoms with Crippen molar-refractivity contribution in [2.24, 2.45) is 0 Å². The summed E-state index contributed by atoms with van der Waals surface area (Å²) >= 11 is 0. The fraction of sp³-hybridized carbons (Fsp3) is 0.588. The average Bonchev–Trinajstić information content (AvgIpc) is 2.47. The van der Waals surface area contributed by atoms with Crippen molar-refractivity contribution >= 4 is 5.97 Å². The van der Waals surface area contributed by atoms with Crippen LogP contribution in [0.5, 0.6) is 0 Å². The first-order valence-corrected chi connectivity index (χ1v) is 7.80. The first-order valence-electron chi connectivity index (χ1n) is 7.80. The van der Waals surface area contributed by atoms with Crippen molar-refractivity contribution in [2.75, 3.05) is 26.7 Å². The van der Waals surface area contributed by atoms with Crippen LogP contribution in [0.25, 0.3) is 0 Å². The minimum atomic E-state index is -0.740. The normalized spacial score (nSPS) is 17.3. The first kappa shape index (κ1) is 16.0. The molecular weight excluding hydrogens is 264 g/mol. The molecule has 0 bridgehead atoms. The molecular formula is C17H26N2O2. The molecule has 21 heavy (non-hydrogen) atoms. The Kier molecular flexibility index (Phi) is 5.76. The highest BCUT2D eigenvalue weighted by Gasteiger charge is 2.23. The Morgan fingerprint density at radius 3 is 2.62 bits per heavy atom. The Balaban J connectivity index is 1.82. The van der Waals surface area contributed by atoms with Crippen molar-refractivity contribution in [2.45, 2.75) is 38.8 Å². The SMILES string of the molecule is CCc1cccc(CN2CCC(N(C)CC(=O)O)CC2)c1. The van der Waals surface area contributed by atoms with E-state index in [9.17, 15) is 4.79 Å². The maximum Gasteiger partial charge on any atom is 0.317 e. The molecule has 0 amide bonds. The number of likely N-dealkylation sites (N-methyl/N-ethyl adjacent to an activating group) is 1. The topological polar surface area (TPSA) is 43.8 Å². The number of aryl methyl sites for hydroxylation is 1. The Bertz CT molecular complexity index is 468. The van der Waals surface area contributed by atoms with Gasteiger partial charge in [0.25, 0.3) is 0 Å². The van der Waals surface area contributed by atoms with E-state index in [1.54, 1.807) is 0 Å². The molecule has 2 rings (SSSR count). The Hall–Kier alpha value is -1.39. The predicted octanol–water partition coefficient (Wildman–Crippen LogP) is 2.23. The summed E-state index contributed by atoms with van der Waals surface area (Å²) < 4.78 is 0. The lowest BCUT2D eigenvalue weighted by Gasteiger charge is -2.36. The third-order valence-electron chi connectivity index (χ3n) is 4.37. The van der Waals surface area contributed by atoms with Gasteiger partial charge in [0.2, 0.25) is 0 Å². The van der Waals surface area contributed by atoms with Crippen LogP contribution in [-0.2, 0) is 17.8 Å². The molecule has 1 heterocycles. The Labute approximate surface area is 127 Å². The summed E-state index contributed by atoms with van der Waals surface area (Å²) in [5.74, 6) is -0.740. The highest BCUT2D eigenvalue weighted by molar-refractivity contribution is 5.69. The molecule has 0 radical (unpaired) electrons. The Morgan fingerprint density at radius 1 is 1.33 bits per heavy atom. The number of aliphatic carboxylic acids is 1. The van der Waals surface area contributed by atoms with Crippen molar-refractivity contribution in [3.8, 4) is 0 Å². The molecule has 116 valence electrons. The molecule has 1 aromatic carbocycles. The average molecular weight is 290 g/mol. The minimum absolute atomic E-state index is 0.142. The predicted molar refractivity (Wildman–Crippen MR) is 84.4 cm³/mol. The van der Waals surface area contributed by atoms with Gasteiger partial charge in [-0.3, -0.25) is 14.6 Å². The van der Waals surface area contributed by atoms with E-state index in [2.05, 4.69) is 36.1 Å². The molecule has 0 aliphatic carbocycles. The number of piperidine rings is 1. The van der Waals surface area contributed by atoms with E-state index in [-0.39, 0.29) is 6.54 Å². The van der Waals surface area contributed by atoms with Crippen LogP contribution in [0.4, 0.5) is 0 Å². The number of carboxylic acid groups (broad SMARTS) is 1. The van der Waals surface area contributed by atoms with E-state index < -0.39 is 5.97 Å². The number of carbonyl (C=O) groups is 1. The maximum atomic E-state index is 10.8. The second-order valence-corrected chi connectivity index (χ2v) is 5.99. The van der Waals surface area contributed by atoms with Crippen molar-refractivity contribution in [1.82, 2.24) is 9.80 Å². The molecule has 1 fully saturated rings. The van der Waals surface area contributed by atoms with Crippen LogP contribution in [0.2, 0.25) is 0 Å². The van der Waals surface area contributed by atoms with E-state index >= 15 is 0 Å². The van der Waals surface area contributed by atoms with Crippen LogP contribution < -0.4 is 0 Å². The third-order valence-corrected chi connectivity index (χ3v) is 4.37. The minimum Gasteiger partial charge on any atom is -0.480 e. The van der Waals surface area contributed by atoms with Crippen LogP contribution in [0.3, 0.4) is 0 Å². The van der Waals surface area contributed by atoms with Crippen molar-refractivity contribution in [3.63, 3.8) is 0 Å². The summed E-state index contributed by atoms with van der Waals surface area (Å²) in [6, 6.07) is 9.21. The summed E-state index contributed by atoms with van der Waals surface area (Å²) in [6.45, 7) is 5.42. The molecule has 0 saturated carbocycles. The zero-order valence-corrected chi connectivity index (χ0v) is 13.1. The van der Waals surface area contributed by atoms with Gasteiger partial charge in [0, 0.05) is 12.6 Å². The molecule has 1 aliphatic heterocycles. The second kappa shape index (κ2) is 7.57. The molecule has 0 atom stereocenters. The van der Waals surface area contributed by atoms with Crippen LogP contribution in [0.1, 0.15) is 30.9 Å². The fourth-order valence-electron chi connectivity index (χ4n) is 3.07. The number of hydrogen-bond donors (Lipinski definition) is 1. The van der Waals surface area contributed by atoms with Crippen LogP contribution in [0.15, 0.2) is 24.3 Å². The number of nitrogens with zero attached hydrogens (tertiary/aromatic N) is 2. The number of likely N-dealkylation sites (tertiary alicyclic amines) is 1. The summed E-state index contributed by atoms with van der Waals surface area (Å²) in [6.07, 6.45) is 3.18. The van der Waals surface area contributed by atoms with Gasteiger partial charge < -0.3 is 5.11 Å². The fourth-order valence-corrected chi connectivity index (χ4v) is 3.07. The summed E-state index contributed by atoms with van der Waals surface area (Å²) in [5, 5.41) is 8.86. The zero-order valence-electron chi connectivity index (χ0n) is 13.1. The van der Waals surface area contributed by atoms with Crippen LogP contribution >= 0.6 is 0 Å². The molecule has 0 spiro atoms. The molecule has 0 aromatic heterocycles. The molecule has 4 heteroatoms. The largest absolute Gasteiger partial charge is 0.480 e. The quantitative estimate of drug-likeness (QED) is 0.872. The summed E-state index contributed by atoms with van der Waals surface area (Å²) in [4.78, 5) is 15.2. The van der Waals surface area contributed by atoms with Gasteiger partial charge in [0.05, 0.1) is 6.54 Å². The lowest BCUT2D eigenvalue weighted by atomic mass is 10.0. The van der Waals surface area contributed by atoms with E-state index in [0.717, 1.165) is 38.9 Å². The molecule has 4 nitrogen and oxygen atoms in total. The number of rotatable bonds is 6. The van der Waals surface area contributed by atoms with Gasteiger partial charge in [-0.2, -0.15) is 0 Å². The highest BCUT2D eigenvalue weighted by Crippen LogP contribution is 2.18. The summed E-state index contributed by atoms with van der Waals surface area (Å²) in [5.41, 5.74) is 2.77. The number of hydrogen-bond acceptors (Lipinski definition) is 3. The van der Waals surface area contributed by atoms with E-state index in [0.29, 0.717) is 6.04 Å². The van der Waals surface area contributed by atoms with E-state index in [1.165, 1.54) is 11.1 Å².